The maximum Gasteiger partial charge on any atom is 0.140 e. The average molecular weight is 245 g/mol. The molecule has 100 valence electrons. The van der Waals surface area contributed by atoms with E-state index in [4.69, 9.17) is 20.4 Å². The smallest absolute Gasteiger partial charge is 0.140 e. The highest BCUT2D eigenvalue weighted by molar-refractivity contribution is 5.79. The van der Waals surface area contributed by atoms with Crippen LogP contribution >= 0.6 is 0 Å². The molecule has 0 bridgehead atoms. The second-order valence-electron chi connectivity index (χ2n) is 4.27. The zero-order chi connectivity index (χ0) is 12.5. The second kappa shape index (κ2) is 8.27. The molecular weight excluding hydrogens is 222 g/mol. The van der Waals surface area contributed by atoms with E-state index in [-0.39, 0.29) is 5.84 Å². The van der Waals surface area contributed by atoms with Crippen LogP contribution in [0.25, 0.3) is 0 Å². The molecule has 1 heterocycles. The van der Waals surface area contributed by atoms with Crippen molar-refractivity contribution in [3.8, 4) is 0 Å². The van der Waals surface area contributed by atoms with E-state index >= 15 is 0 Å². The quantitative estimate of drug-likeness (QED) is 0.277. The molecule has 0 saturated carbocycles. The van der Waals surface area contributed by atoms with Crippen LogP contribution < -0.4 is 5.73 Å². The molecule has 1 aliphatic rings. The van der Waals surface area contributed by atoms with Crippen LogP contribution in [0.4, 0.5) is 0 Å². The SMILES string of the molecule is COCCN(CCC(N)=NO)CC1CCCO1. The highest BCUT2D eigenvalue weighted by Gasteiger charge is 2.19. The summed E-state index contributed by atoms with van der Waals surface area (Å²) in [5, 5.41) is 11.5. The number of amidine groups is 1. The van der Waals surface area contributed by atoms with Crippen LogP contribution in [0.3, 0.4) is 0 Å². The largest absolute Gasteiger partial charge is 0.409 e. The van der Waals surface area contributed by atoms with Gasteiger partial charge in [0.2, 0.25) is 0 Å². The van der Waals surface area contributed by atoms with E-state index < -0.39 is 0 Å². The topological polar surface area (TPSA) is 80.3 Å². The summed E-state index contributed by atoms with van der Waals surface area (Å²) < 4.78 is 10.7. The molecule has 0 radical (unpaired) electrons. The first-order valence-corrected chi connectivity index (χ1v) is 6.05. The van der Waals surface area contributed by atoms with Gasteiger partial charge in [0.25, 0.3) is 0 Å². The van der Waals surface area contributed by atoms with Crippen LogP contribution in [0.2, 0.25) is 0 Å². The molecular formula is C11H23N3O3. The molecule has 6 heteroatoms. The third-order valence-electron chi connectivity index (χ3n) is 2.91. The lowest BCUT2D eigenvalue weighted by Gasteiger charge is -2.24. The van der Waals surface area contributed by atoms with Gasteiger partial charge < -0.3 is 20.4 Å². The first kappa shape index (κ1) is 14.2. The number of nitrogens with two attached hydrogens (primary N) is 1. The van der Waals surface area contributed by atoms with Crippen molar-refractivity contribution < 1.29 is 14.7 Å². The maximum absolute atomic E-state index is 8.50. The number of rotatable bonds is 8. The summed E-state index contributed by atoms with van der Waals surface area (Å²) >= 11 is 0. The molecule has 1 rings (SSSR count). The lowest BCUT2D eigenvalue weighted by molar-refractivity contribution is 0.0627. The summed E-state index contributed by atoms with van der Waals surface area (Å²) in [5.74, 6) is 0.264. The number of ether oxygens (including phenoxy) is 2. The Morgan fingerprint density at radius 1 is 1.59 bits per heavy atom. The standard InChI is InChI=1S/C11H23N3O3/c1-16-8-6-14(5-4-11(12)13-15)9-10-3-2-7-17-10/h10,15H,2-9H2,1H3,(H2,12,13). The molecule has 6 nitrogen and oxygen atoms in total. The van der Waals surface area contributed by atoms with Gasteiger partial charge in [0.15, 0.2) is 0 Å². The molecule has 0 aromatic rings. The molecule has 3 N–H and O–H groups in total. The molecule has 0 amide bonds. The summed E-state index contributed by atoms with van der Waals surface area (Å²) in [6.45, 7) is 4.04. The van der Waals surface area contributed by atoms with Gasteiger partial charge in [-0.1, -0.05) is 5.16 Å². The first-order chi connectivity index (χ1) is 8.26. The maximum atomic E-state index is 8.50. The Morgan fingerprint density at radius 2 is 2.41 bits per heavy atom. The minimum atomic E-state index is 0.264. The number of methoxy groups -OCH3 is 1. The molecule has 1 unspecified atom stereocenters. The molecule has 1 saturated heterocycles. The van der Waals surface area contributed by atoms with Gasteiger partial charge in [0, 0.05) is 39.8 Å². The van der Waals surface area contributed by atoms with Crippen LogP contribution in [-0.4, -0.2) is 62.0 Å². The van der Waals surface area contributed by atoms with Crippen LogP contribution in [0.5, 0.6) is 0 Å². The van der Waals surface area contributed by atoms with Crippen molar-refractivity contribution in [2.24, 2.45) is 10.9 Å². The van der Waals surface area contributed by atoms with Crippen LogP contribution in [0, 0.1) is 0 Å². The number of hydrogen-bond acceptors (Lipinski definition) is 5. The van der Waals surface area contributed by atoms with Gasteiger partial charge in [0.1, 0.15) is 5.84 Å². The summed E-state index contributed by atoms with van der Waals surface area (Å²) in [7, 11) is 1.69. The van der Waals surface area contributed by atoms with E-state index in [0.29, 0.717) is 19.1 Å². The number of nitrogens with zero attached hydrogens (tertiary/aromatic N) is 2. The number of hydrogen-bond donors (Lipinski definition) is 2. The van der Waals surface area contributed by atoms with Crippen LogP contribution in [0.1, 0.15) is 19.3 Å². The monoisotopic (exact) mass is 245 g/mol. The first-order valence-electron chi connectivity index (χ1n) is 6.05. The van der Waals surface area contributed by atoms with Gasteiger partial charge in [-0.3, -0.25) is 4.90 Å². The molecule has 0 spiro atoms. The molecule has 0 aromatic heterocycles. The van der Waals surface area contributed by atoms with E-state index in [0.717, 1.165) is 39.1 Å². The van der Waals surface area contributed by atoms with Gasteiger partial charge >= 0.3 is 0 Å². The Kier molecular flexibility index (Phi) is 6.91. The second-order valence-corrected chi connectivity index (χ2v) is 4.27. The third kappa shape index (κ3) is 5.86. The van der Waals surface area contributed by atoms with E-state index in [1.165, 1.54) is 0 Å². The predicted molar refractivity (Wildman–Crippen MR) is 65.3 cm³/mol. The van der Waals surface area contributed by atoms with Crippen LogP contribution in [0.15, 0.2) is 5.16 Å². The Bertz CT molecular complexity index is 230. The molecule has 1 fully saturated rings. The van der Waals surface area contributed by atoms with E-state index in [2.05, 4.69) is 10.1 Å². The van der Waals surface area contributed by atoms with E-state index in [1.54, 1.807) is 7.11 Å². The number of oxime groups is 1. The Hall–Kier alpha value is -0.850. The van der Waals surface area contributed by atoms with E-state index in [1.807, 2.05) is 0 Å². The lowest BCUT2D eigenvalue weighted by atomic mass is 10.2. The van der Waals surface area contributed by atoms with Crippen molar-refractivity contribution in [2.75, 3.05) is 40.0 Å². The summed E-state index contributed by atoms with van der Waals surface area (Å²) in [5.41, 5.74) is 5.47. The van der Waals surface area contributed by atoms with Crippen LogP contribution in [-0.2, 0) is 9.47 Å². The van der Waals surface area contributed by atoms with Crippen molar-refractivity contribution in [1.29, 1.82) is 0 Å². The zero-order valence-electron chi connectivity index (χ0n) is 10.5. The van der Waals surface area contributed by atoms with Gasteiger partial charge in [-0.05, 0) is 12.8 Å². The summed E-state index contributed by atoms with van der Waals surface area (Å²) in [6, 6.07) is 0. The molecule has 1 atom stereocenters. The minimum Gasteiger partial charge on any atom is -0.409 e. The van der Waals surface area contributed by atoms with Crippen molar-refractivity contribution in [1.82, 2.24) is 4.90 Å². The van der Waals surface area contributed by atoms with Gasteiger partial charge in [-0.15, -0.1) is 0 Å². The predicted octanol–water partition coefficient (Wildman–Crippen LogP) is 0.250. The average Bonchev–Trinajstić information content (AvgIpc) is 2.84. The highest BCUT2D eigenvalue weighted by Crippen LogP contribution is 2.13. The molecule has 1 aliphatic heterocycles. The molecule has 0 aromatic carbocycles. The van der Waals surface area contributed by atoms with Crippen molar-refractivity contribution in [3.05, 3.63) is 0 Å². The highest BCUT2D eigenvalue weighted by atomic mass is 16.5. The fourth-order valence-corrected chi connectivity index (χ4v) is 1.91. The van der Waals surface area contributed by atoms with Crippen molar-refractivity contribution in [2.45, 2.75) is 25.4 Å². The van der Waals surface area contributed by atoms with Gasteiger partial charge in [-0.25, -0.2) is 0 Å². The molecule has 0 aliphatic carbocycles. The normalized spacial score (nSPS) is 21.3. The third-order valence-corrected chi connectivity index (χ3v) is 2.91. The Labute approximate surface area is 102 Å². The summed E-state index contributed by atoms with van der Waals surface area (Å²) in [6.07, 6.45) is 3.14. The minimum absolute atomic E-state index is 0.264. The zero-order valence-corrected chi connectivity index (χ0v) is 10.5. The molecule has 17 heavy (non-hydrogen) atoms. The van der Waals surface area contributed by atoms with Gasteiger partial charge in [-0.2, -0.15) is 0 Å². The fraction of sp³-hybridized carbons (Fsp3) is 0.909. The van der Waals surface area contributed by atoms with E-state index in [9.17, 15) is 0 Å². The fourth-order valence-electron chi connectivity index (χ4n) is 1.91. The van der Waals surface area contributed by atoms with Crippen molar-refractivity contribution >= 4 is 5.84 Å². The Balaban J connectivity index is 2.30. The lowest BCUT2D eigenvalue weighted by Crippen LogP contribution is -2.37. The van der Waals surface area contributed by atoms with Crippen molar-refractivity contribution in [3.63, 3.8) is 0 Å². The Morgan fingerprint density at radius 3 is 3.00 bits per heavy atom. The summed E-state index contributed by atoms with van der Waals surface area (Å²) in [4.78, 5) is 2.23. The van der Waals surface area contributed by atoms with Gasteiger partial charge in [0.05, 0.1) is 12.7 Å².